The Morgan fingerprint density at radius 2 is 2.03 bits per heavy atom. The van der Waals surface area contributed by atoms with Gasteiger partial charge in [0.2, 0.25) is 5.91 Å². The van der Waals surface area contributed by atoms with Crippen LogP contribution in [0, 0.1) is 0 Å². The number of hydrogen-bond acceptors (Lipinski definition) is 6. The van der Waals surface area contributed by atoms with Crippen molar-refractivity contribution in [1.29, 1.82) is 0 Å². The van der Waals surface area contributed by atoms with Gasteiger partial charge in [0.15, 0.2) is 5.82 Å². The third-order valence-corrected chi connectivity index (χ3v) is 5.34. The molecule has 3 heterocycles. The van der Waals surface area contributed by atoms with E-state index in [2.05, 4.69) is 44.7 Å². The summed E-state index contributed by atoms with van der Waals surface area (Å²) < 4.78 is 5.39. The van der Waals surface area contributed by atoms with Crippen LogP contribution in [0.1, 0.15) is 30.7 Å². The van der Waals surface area contributed by atoms with E-state index in [-0.39, 0.29) is 11.9 Å². The molecule has 0 aliphatic carbocycles. The molecule has 1 saturated heterocycles. The number of aryl methyl sites for hydroxylation is 2. The SMILES string of the molecule is CN1C(=O)CC[C@@H]1CNc1ccc(-c2nc(CCCc3ccccc3)no2)cn1. The molecule has 7 heteroatoms. The average Bonchev–Trinajstić information content (AvgIpc) is 3.35. The van der Waals surface area contributed by atoms with E-state index in [9.17, 15) is 4.79 Å². The Hall–Kier alpha value is -3.22. The van der Waals surface area contributed by atoms with Gasteiger partial charge < -0.3 is 14.7 Å². The topological polar surface area (TPSA) is 84.2 Å². The maximum atomic E-state index is 11.6. The molecule has 1 aliphatic heterocycles. The van der Waals surface area contributed by atoms with Gasteiger partial charge in [-0.2, -0.15) is 4.98 Å². The molecule has 1 amide bonds. The van der Waals surface area contributed by atoms with Crippen LogP contribution in [0.4, 0.5) is 5.82 Å². The van der Waals surface area contributed by atoms with Gasteiger partial charge >= 0.3 is 0 Å². The summed E-state index contributed by atoms with van der Waals surface area (Å²) in [5.74, 6) is 2.17. The van der Waals surface area contributed by atoms with Crippen LogP contribution in [-0.2, 0) is 17.6 Å². The van der Waals surface area contributed by atoms with Crippen LogP contribution < -0.4 is 5.32 Å². The third-order valence-electron chi connectivity index (χ3n) is 5.34. The van der Waals surface area contributed by atoms with E-state index in [0.29, 0.717) is 24.7 Å². The van der Waals surface area contributed by atoms with Gasteiger partial charge in [-0.3, -0.25) is 4.79 Å². The number of anilines is 1. The van der Waals surface area contributed by atoms with Gasteiger partial charge in [0, 0.05) is 38.7 Å². The Balaban J connectivity index is 1.28. The summed E-state index contributed by atoms with van der Waals surface area (Å²) in [5.41, 5.74) is 2.11. The Labute approximate surface area is 170 Å². The molecule has 0 radical (unpaired) electrons. The van der Waals surface area contributed by atoms with Crippen molar-refractivity contribution in [3.05, 3.63) is 60.0 Å². The van der Waals surface area contributed by atoms with E-state index >= 15 is 0 Å². The number of likely N-dealkylation sites (N-methyl/N-ethyl adjacent to an activating group) is 1. The molecule has 1 atom stereocenters. The lowest BCUT2D eigenvalue weighted by molar-refractivity contribution is -0.127. The van der Waals surface area contributed by atoms with Crippen molar-refractivity contribution in [2.45, 2.75) is 38.1 Å². The minimum absolute atomic E-state index is 0.205. The van der Waals surface area contributed by atoms with Crippen LogP contribution in [0.5, 0.6) is 0 Å². The molecule has 2 aromatic heterocycles. The van der Waals surface area contributed by atoms with Gasteiger partial charge in [-0.1, -0.05) is 35.5 Å². The quantitative estimate of drug-likeness (QED) is 0.634. The van der Waals surface area contributed by atoms with Crippen molar-refractivity contribution < 1.29 is 9.32 Å². The monoisotopic (exact) mass is 391 g/mol. The van der Waals surface area contributed by atoms with E-state index in [1.807, 2.05) is 25.2 Å². The Kier molecular flexibility index (Phi) is 5.84. The number of likely N-dealkylation sites (tertiary alicyclic amines) is 1. The maximum Gasteiger partial charge on any atom is 0.259 e. The van der Waals surface area contributed by atoms with Crippen LogP contribution in [0.15, 0.2) is 53.2 Å². The summed E-state index contributed by atoms with van der Waals surface area (Å²) in [6.07, 6.45) is 5.98. The van der Waals surface area contributed by atoms with Crippen molar-refractivity contribution in [3.63, 3.8) is 0 Å². The van der Waals surface area contributed by atoms with Crippen LogP contribution in [-0.4, -0.2) is 45.6 Å². The number of hydrogen-bond donors (Lipinski definition) is 1. The van der Waals surface area contributed by atoms with Gasteiger partial charge in [0.1, 0.15) is 5.82 Å². The molecule has 3 aromatic rings. The van der Waals surface area contributed by atoms with Crippen LogP contribution >= 0.6 is 0 Å². The standard InChI is InChI=1S/C22H25N5O2/c1-27-18(11-13-21(27)28)15-24-19-12-10-17(14-23-19)22-25-20(26-29-22)9-5-8-16-6-3-2-4-7-16/h2-4,6-7,10,12,14,18H,5,8-9,11,13,15H2,1H3,(H,23,24)/t18-/m1/s1. The zero-order chi connectivity index (χ0) is 20.1. The second-order valence-electron chi connectivity index (χ2n) is 7.37. The average molecular weight is 391 g/mol. The first-order valence-electron chi connectivity index (χ1n) is 10.0. The molecule has 1 aromatic carbocycles. The number of nitrogens with zero attached hydrogens (tertiary/aromatic N) is 4. The summed E-state index contributed by atoms with van der Waals surface area (Å²) in [7, 11) is 1.85. The fraction of sp³-hybridized carbons (Fsp3) is 0.364. The zero-order valence-electron chi connectivity index (χ0n) is 16.5. The molecule has 150 valence electrons. The third kappa shape index (κ3) is 4.80. The molecular formula is C22H25N5O2. The van der Waals surface area contributed by atoms with Crippen molar-refractivity contribution in [2.24, 2.45) is 0 Å². The molecule has 0 bridgehead atoms. The summed E-state index contributed by atoms with van der Waals surface area (Å²) in [4.78, 5) is 22.3. The van der Waals surface area contributed by atoms with Crippen molar-refractivity contribution in [1.82, 2.24) is 20.0 Å². The highest BCUT2D eigenvalue weighted by Crippen LogP contribution is 2.20. The van der Waals surface area contributed by atoms with Crippen LogP contribution in [0.2, 0.25) is 0 Å². The zero-order valence-corrected chi connectivity index (χ0v) is 16.5. The minimum Gasteiger partial charge on any atom is -0.368 e. The molecule has 0 saturated carbocycles. The number of carbonyl (C=O) groups is 1. The largest absolute Gasteiger partial charge is 0.368 e. The molecule has 1 aliphatic rings. The fourth-order valence-corrected chi connectivity index (χ4v) is 3.52. The molecule has 1 fully saturated rings. The smallest absolute Gasteiger partial charge is 0.259 e. The first kappa shape index (κ1) is 19.1. The number of benzene rings is 1. The number of aromatic nitrogens is 3. The summed E-state index contributed by atoms with van der Waals surface area (Å²) in [5, 5.41) is 7.38. The second-order valence-corrected chi connectivity index (χ2v) is 7.37. The number of rotatable bonds is 8. The first-order valence-corrected chi connectivity index (χ1v) is 10.0. The van der Waals surface area contributed by atoms with Gasteiger partial charge in [0.25, 0.3) is 5.89 Å². The van der Waals surface area contributed by atoms with Gasteiger partial charge in [-0.05, 0) is 37.0 Å². The summed E-state index contributed by atoms with van der Waals surface area (Å²) in [6, 6.07) is 14.4. The second kappa shape index (κ2) is 8.86. The molecule has 29 heavy (non-hydrogen) atoms. The predicted octanol–water partition coefficient (Wildman–Crippen LogP) is 3.34. The van der Waals surface area contributed by atoms with E-state index in [4.69, 9.17) is 4.52 Å². The van der Waals surface area contributed by atoms with E-state index in [1.54, 1.807) is 11.1 Å². The Morgan fingerprint density at radius 1 is 1.17 bits per heavy atom. The van der Waals surface area contributed by atoms with Crippen molar-refractivity contribution in [3.8, 4) is 11.5 Å². The van der Waals surface area contributed by atoms with E-state index < -0.39 is 0 Å². The highest BCUT2D eigenvalue weighted by molar-refractivity contribution is 5.78. The lowest BCUT2D eigenvalue weighted by atomic mass is 10.1. The predicted molar refractivity (Wildman–Crippen MR) is 110 cm³/mol. The molecule has 0 unspecified atom stereocenters. The number of pyridine rings is 1. The van der Waals surface area contributed by atoms with Gasteiger partial charge in [-0.15, -0.1) is 0 Å². The van der Waals surface area contributed by atoms with Crippen LogP contribution in [0.25, 0.3) is 11.5 Å². The molecule has 0 spiro atoms. The number of nitrogens with one attached hydrogen (secondary N) is 1. The van der Waals surface area contributed by atoms with Crippen LogP contribution in [0.3, 0.4) is 0 Å². The maximum absolute atomic E-state index is 11.6. The van der Waals surface area contributed by atoms with E-state index in [0.717, 1.165) is 37.1 Å². The first-order chi connectivity index (χ1) is 14.2. The number of carbonyl (C=O) groups excluding carboxylic acids is 1. The van der Waals surface area contributed by atoms with Crippen molar-refractivity contribution in [2.75, 3.05) is 18.9 Å². The van der Waals surface area contributed by atoms with Gasteiger partial charge in [0.05, 0.1) is 5.56 Å². The van der Waals surface area contributed by atoms with E-state index in [1.165, 1.54) is 5.56 Å². The normalized spacial score (nSPS) is 16.4. The highest BCUT2D eigenvalue weighted by Gasteiger charge is 2.27. The number of amides is 1. The lowest BCUT2D eigenvalue weighted by Gasteiger charge is -2.20. The Morgan fingerprint density at radius 3 is 2.76 bits per heavy atom. The van der Waals surface area contributed by atoms with Crippen molar-refractivity contribution >= 4 is 11.7 Å². The summed E-state index contributed by atoms with van der Waals surface area (Å²) in [6.45, 7) is 0.695. The lowest BCUT2D eigenvalue weighted by Crippen LogP contribution is -2.34. The molecule has 1 N–H and O–H groups in total. The molecule has 4 rings (SSSR count). The highest BCUT2D eigenvalue weighted by atomic mass is 16.5. The molecular weight excluding hydrogens is 366 g/mol. The minimum atomic E-state index is 0.205. The summed E-state index contributed by atoms with van der Waals surface area (Å²) >= 11 is 0. The fourth-order valence-electron chi connectivity index (χ4n) is 3.52. The van der Waals surface area contributed by atoms with Gasteiger partial charge in [-0.25, -0.2) is 4.98 Å². The Bertz CT molecular complexity index is 939. The molecule has 7 nitrogen and oxygen atoms in total.